The molecule has 0 rings (SSSR count). The highest BCUT2D eigenvalue weighted by Gasteiger charge is 2.08. The van der Waals surface area contributed by atoms with Crippen LogP contribution in [0.15, 0.2) is 12.2 Å². The molecule has 0 aliphatic carbocycles. The van der Waals surface area contributed by atoms with E-state index in [1.807, 2.05) is 6.92 Å². The second-order valence-electron chi connectivity index (χ2n) is 5.80. The minimum atomic E-state index is -0.513. The lowest BCUT2D eigenvalue weighted by Crippen LogP contribution is -2.30. The topological polar surface area (TPSA) is 73.9 Å². The van der Waals surface area contributed by atoms with Gasteiger partial charge in [-0.15, -0.1) is 0 Å². The molecule has 6 nitrogen and oxygen atoms in total. The van der Waals surface area contributed by atoms with Crippen molar-refractivity contribution >= 4 is 12.1 Å². The molecule has 22 heavy (non-hydrogen) atoms. The fourth-order valence-electron chi connectivity index (χ4n) is 1.38. The van der Waals surface area contributed by atoms with E-state index in [1.165, 1.54) is 0 Å². The molecule has 130 valence electrons. The molecule has 1 unspecified atom stereocenters. The van der Waals surface area contributed by atoms with Gasteiger partial charge in [0.05, 0.1) is 13.2 Å². The van der Waals surface area contributed by atoms with Crippen molar-refractivity contribution in [1.29, 1.82) is 0 Å². The van der Waals surface area contributed by atoms with E-state index in [1.54, 1.807) is 6.92 Å². The summed E-state index contributed by atoms with van der Waals surface area (Å²) in [6.07, 6.45) is 0.331. The van der Waals surface area contributed by atoms with E-state index in [4.69, 9.17) is 14.2 Å². The summed E-state index contributed by atoms with van der Waals surface area (Å²) in [5.41, 5.74) is 0.330. The second-order valence-corrected chi connectivity index (χ2v) is 5.80. The lowest BCUT2D eigenvalue weighted by molar-refractivity contribution is -0.138. The number of esters is 1. The number of carbonyl (C=O) groups is 2. The third-order valence-electron chi connectivity index (χ3n) is 2.66. The van der Waals surface area contributed by atoms with Crippen molar-refractivity contribution in [3.8, 4) is 0 Å². The van der Waals surface area contributed by atoms with E-state index < -0.39 is 12.1 Å². The number of nitrogens with one attached hydrogen (secondary N) is 1. The van der Waals surface area contributed by atoms with Crippen molar-refractivity contribution in [3.05, 3.63) is 12.2 Å². The summed E-state index contributed by atoms with van der Waals surface area (Å²) in [5, 5.41) is 2.52. The average molecular weight is 317 g/mol. The van der Waals surface area contributed by atoms with Crippen LogP contribution in [0.2, 0.25) is 0 Å². The summed E-state index contributed by atoms with van der Waals surface area (Å²) in [7, 11) is 0. The molecule has 0 heterocycles. The first-order valence-electron chi connectivity index (χ1n) is 7.64. The van der Waals surface area contributed by atoms with Crippen LogP contribution < -0.4 is 5.32 Å². The van der Waals surface area contributed by atoms with Gasteiger partial charge in [0.25, 0.3) is 0 Å². The Morgan fingerprint density at radius 3 is 2.41 bits per heavy atom. The Hall–Kier alpha value is -1.56. The van der Waals surface area contributed by atoms with Gasteiger partial charge in [0.2, 0.25) is 0 Å². The molecule has 6 heteroatoms. The number of hydrogen-bond donors (Lipinski definition) is 1. The lowest BCUT2D eigenvalue weighted by Gasteiger charge is -2.13. The molecule has 1 N–H and O–H groups in total. The lowest BCUT2D eigenvalue weighted by atomic mass is 10.1. The Balaban J connectivity index is 0. The summed E-state index contributed by atoms with van der Waals surface area (Å²) in [5.74, 6) is 0.292. The summed E-state index contributed by atoms with van der Waals surface area (Å²) < 4.78 is 15.4. The van der Waals surface area contributed by atoms with Gasteiger partial charge in [-0.3, -0.25) is 0 Å². The van der Waals surface area contributed by atoms with Gasteiger partial charge in [-0.1, -0.05) is 27.4 Å². The Morgan fingerprint density at radius 2 is 1.82 bits per heavy atom. The minimum absolute atomic E-state index is 0. The molecule has 0 fully saturated rings. The molecule has 0 saturated heterocycles. The molecule has 0 saturated carbocycles. The highest BCUT2D eigenvalue weighted by molar-refractivity contribution is 5.86. The van der Waals surface area contributed by atoms with Gasteiger partial charge in [-0.25, -0.2) is 9.59 Å². The maximum Gasteiger partial charge on any atom is 0.407 e. The first-order valence-corrected chi connectivity index (χ1v) is 7.64. The number of ether oxygens (including phenoxy) is 3. The van der Waals surface area contributed by atoms with Crippen LogP contribution in [0.4, 0.5) is 4.79 Å². The van der Waals surface area contributed by atoms with E-state index in [0.29, 0.717) is 24.7 Å². The molecule has 0 aliphatic heterocycles. The molecule has 1 atom stereocenters. The van der Waals surface area contributed by atoms with Crippen molar-refractivity contribution < 1.29 is 25.2 Å². The van der Waals surface area contributed by atoms with Crippen LogP contribution in [-0.2, 0) is 19.0 Å². The highest BCUT2D eigenvalue weighted by atomic mass is 16.6. The van der Waals surface area contributed by atoms with E-state index in [2.05, 4.69) is 25.7 Å². The SMILES string of the molecule is C=C(C)C(=O)OCCNC(=O)OCC(C)CCOCC(C)C.[HH]. The predicted molar refractivity (Wildman–Crippen MR) is 86.7 cm³/mol. The fraction of sp³-hybridized carbons (Fsp3) is 0.750. The Bertz CT molecular complexity index is 360. The van der Waals surface area contributed by atoms with Crippen molar-refractivity contribution in [2.75, 3.05) is 33.0 Å². The third kappa shape index (κ3) is 12.2. The maximum atomic E-state index is 11.4. The maximum absolute atomic E-state index is 11.4. The summed E-state index contributed by atoms with van der Waals surface area (Å²) >= 11 is 0. The van der Waals surface area contributed by atoms with Gasteiger partial charge in [0.15, 0.2) is 0 Å². The number of carbonyl (C=O) groups excluding carboxylic acids is 2. The highest BCUT2D eigenvalue weighted by Crippen LogP contribution is 2.04. The smallest absolute Gasteiger partial charge is 0.407 e. The first-order chi connectivity index (χ1) is 10.3. The molecule has 0 aromatic rings. The van der Waals surface area contributed by atoms with Crippen molar-refractivity contribution in [2.45, 2.75) is 34.1 Å². The molecule has 1 amide bonds. The van der Waals surface area contributed by atoms with Crippen LogP contribution in [0.5, 0.6) is 0 Å². The number of hydrogen-bond acceptors (Lipinski definition) is 5. The molecule has 0 aliphatic rings. The minimum Gasteiger partial charge on any atom is -0.460 e. The standard InChI is InChI=1S/C16H29NO5.H2/c1-12(2)10-20-8-6-14(5)11-22-16(19)17-7-9-21-15(18)13(3)4;/h12,14H,3,6-11H2,1-2,4-5H3,(H,17,19);1H. The normalized spacial score (nSPS) is 11.9. The second kappa shape index (κ2) is 12.0. The van der Waals surface area contributed by atoms with Crippen LogP contribution in [0, 0.1) is 11.8 Å². The predicted octanol–water partition coefficient (Wildman–Crippen LogP) is 2.78. The monoisotopic (exact) mass is 317 g/mol. The van der Waals surface area contributed by atoms with Crippen LogP contribution in [0.25, 0.3) is 0 Å². The molecular weight excluding hydrogens is 286 g/mol. The fourth-order valence-corrected chi connectivity index (χ4v) is 1.38. The van der Waals surface area contributed by atoms with Crippen LogP contribution >= 0.6 is 0 Å². The molecule has 0 aromatic carbocycles. The van der Waals surface area contributed by atoms with Gasteiger partial charge < -0.3 is 19.5 Å². The Kier molecular flexibility index (Phi) is 11.2. The quantitative estimate of drug-likeness (QED) is 0.360. The van der Waals surface area contributed by atoms with Gasteiger partial charge in [-0.2, -0.15) is 0 Å². The van der Waals surface area contributed by atoms with E-state index >= 15 is 0 Å². The average Bonchev–Trinajstić information content (AvgIpc) is 2.45. The Morgan fingerprint density at radius 1 is 1.14 bits per heavy atom. The van der Waals surface area contributed by atoms with E-state index in [-0.39, 0.29) is 20.5 Å². The first kappa shape index (κ1) is 20.4. The van der Waals surface area contributed by atoms with Crippen LogP contribution in [-0.4, -0.2) is 45.0 Å². The number of alkyl carbamates (subject to hydrolysis) is 1. The van der Waals surface area contributed by atoms with Gasteiger partial charge in [0, 0.05) is 20.2 Å². The molecule has 0 aromatic heterocycles. The van der Waals surface area contributed by atoms with E-state index in [9.17, 15) is 9.59 Å². The molecular formula is C16H31NO5. The molecule has 0 spiro atoms. The van der Waals surface area contributed by atoms with Gasteiger partial charge in [0.1, 0.15) is 6.61 Å². The zero-order chi connectivity index (χ0) is 17.0. The Labute approximate surface area is 134 Å². The van der Waals surface area contributed by atoms with Crippen molar-refractivity contribution in [2.24, 2.45) is 11.8 Å². The molecule has 0 radical (unpaired) electrons. The van der Waals surface area contributed by atoms with Crippen molar-refractivity contribution in [1.82, 2.24) is 5.32 Å². The largest absolute Gasteiger partial charge is 0.460 e. The van der Waals surface area contributed by atoms with Gasteiger partial charge >= 0.3 is 12.1 Å². The number of rotatable bonds is 11. The van der Waals surface area contributed by atoms with Gasteiger partial charge in [-0.05, 0) is 25.2 Å². The number of amides is 1. The molecule has 0 bridgehead atoms. The van der Waals surface area contributed by atoms with Crippen LogP contribution in [0.3, 0.4) is 0 Å². The summed E-state index contributed by atoms with van der Waals surface area (Å²) in [4.78, 5) is 22.5. The summed E-state index contributed by atoms with van der Waals surface area (Å²) in [6.45, 7) is 13.3. The summed E-state index contributed by atoms with van der Waals surface area (Å²) in [6, 6.07) is 0. The van der Waals surface area contributed by atoms with Crippen molar-refractivity contribution in [3.63, 3.8) is 0 Å². The zero-order valence-corrected chi connectivity index (χ0v) is 14.1. The third-order valence-corrected chi connectivity index (χ3v) is 2.66. The zero-order valence-electron chi connectivity index (χ0n) is 14.1. The van der Waals surface area contributed by atoms with Crippen LogP contribution in [0.1, 0.15) is 35.5 Å². The van der Waals surface area contributed by atoms with E-state index in [0.717, 1.165) is 13.0 Å².